The summed E-state index contributed by atoms with van der Waals surface area (Å²) < 4.78 is 11.2. The summed E-state index contributed by atoms with van der Waals surface area (Å²) in [5.41, 5.74) is -0.827. The SMILES string of the molecule is CCC(C)(C)OC(=O)C1CCC(OC(=O)C(C)(C)CC)CC1. The summed E-state index contributed by atoms with van der Waals surface area (Å²) in [5, 5.41) is 0. The number of rotatable bonds is 6. The lowest BCUT2D eigenvalue weighted by atomic mass is 9.86. The van der Waals surface area contributed by atoms with Crippen LogP contribution in [-0.4, -0.2) is 23.6 Å². The predicted molar refractivity (Wildman–Crippen MR) is 86.4 cm³/mol. The summed E-state index contributed by atoms with van der Waals surface area (Å²) in [6, 6.07) is 0. The minimum absolute atomic E-state index is 0.0541. The second kappa shape index (κ2) is 7.47. The van der Waals surface area contributed by atoms with Crippen LogP contribution in [0.2, 0.25) is 0 Å². The predicted octanol–water partition coefficient (Wildman–Crippen LogP) is 4.26. The Bertz CT molecular complexity index is 390. The standard InChI is InChI=1S/C18H32O4/c1-7-17(3,4)16(20)21-14-11-9-13(10-12-14)15(19)22-18(5,6)8-2/h13-14H,7-12H2,1-6H3. The Morgan fingerprint density at radius 3 is 1.95 bits per heavy atom. The summed E-state index contributed by atoms with van der Waals surface area (Å²) in [5.74, 6) is -0.293. The van der Waals surface area contributed by atoms with Crippen LogP contribution in [0.15, 0.2) is 0 Å². The molecule has 0 spiro atoms. The van der Waals surface area contributed by atoms with Crippen LogP contribution >= 0.6 is 0 Å². The molecule has 0 amide bonds. The Balaban J connectivity index is 2.44. The normalized spacial score (nSPS) is 23.0. The van der Waals surface area contributed by atoms with Crippen LogP contribution < -0.4 is 0 Å². The largest absolute Gasteiger partial charge is 0.462 e. The molecule has 1 aliphatic carbocycles. The molecule has 0 aliphatic heterocycles. The lowest BCUT2D eigenvalue weighted by Gasteiger charge is -2.32. The molecule has 0 aromatic carbocycles. The van der Waals surface area contributed by atoms with Crippen LogP contribution in [0.1, 0.15) is 80.1 Å². The molecule has 0 saturated heterocycles. The molecule has 1 saturated carbocycles. The minimum Gasteiger partial charge on any atom is -0.462 e. The molecule has 0 N–H and O–H groups in total. The van der Waals surface area contributed by atoms with Crippen molar-refractivity contribution >= 4 is 11.9 Å². The molecule has 4 heteroatoms. The third kappa shape index (κ3) is 5.29. The molecule has 1 rings (SSSR count). The average Bonchev–Trinajstić information content (AvgIpc) is 2.47. The third-order valence-corrected chi connectivity index (χ3v) is 4.95. The van der Waals surface area contributed by atoms with Crippen molar-refractivity contribution in [1.29, 1.82) is 0 Å². The fraction of sp³-hybridized carbons (Fsp3) is 0.889. The Hall–Kier alpha value is -1.06. The van der Waals surface area contributed by atoms with E-state index in [1.807, 2.05) is 41.5 Å². The smallest absolute Gasteiger partial charge is 0.311 e. The first-order chi connectivity index (χ1) is 10.1. The number of carbonyl (C=O) groups is 2. The zero-order valence-electron chi connectivity index (χ0n) is 15.0. The van der Waals surface area contributed by atoms with Gasteiger partial charge in [0.2, 0.25) is 0 Å². The molecule has 0 radical (unpaired) electrons. The summed E-state index contributed by atoms with van der Waals surface area (Å²) in [7, 11) is 0. The van der Waals surface area contributed by atoms with Crippen LogP contribution in [0, 0.1) is 11.3 Å². The van der Waals surface area contributed by atoms with Crippen molar-refractivity contribution in [3.05, 3.63) is 0 Å². The maximum Gasteiger partial charge on any atom is 0.311 e. The van der Waals surface area contributed by atoms with Crippen LogP contribution in [0.25, 0.3) is 0 Å². The van der Waals surface area contributed by atoms with Crippen molar-refractivity contribution in [3.63, 3.8) is 0 Å². The van der Waals surface area contributed by atoms with Gasteiger partial charge in [-0.15, -0.1) is 0 Å². The van der Waals surface area contributed by atoms with E-state index in [2.05, 4.69) is 0 Å². The monoisotopic (exact) mass is 312 g/mol. The van der Waals surface area contributed by atoms with E-state index in [0.717, 1.165) is 38.5 Å². The van der Waals surface area contributed by atoms with E-state index in [-0.39, 0.29) is 24.0 Å². The van der Waals surface area contributed by atoms with Crippen molar-refractivity contribution in [2.75, 3.05) is 0 Å². The van der Waals surface area contributed by atoms with E-state index in [1.54, 1.807) is 0 Å². The zero-order valence-corrected chi connectivity index (χ0v) is 15.0. The van der Waals surface area contributed by atoms with Gasteiger partial charge in [0.05, 0.1) is 11.3 Å². The van der Waals surface area contributed by atoms with Gasteiger partial charge in [0.15, 0.2) is 0 Å². The lowest BCUT2D eigenvalue weighted by Crippen LogP contribution is -2.36. The van der Waals surface area contributed by atoms with Gasteiger partial charge in [-0.25, -0.2) is 0 Å². The molecule has 128 valence electrons. The zero-order chi connectivity index (χ0) is 17.0. The number of carbonyl (C=O) groups excluding carboxylic acids is 2. The van der Waals surface area contributed by atoms with Crippen LogP contribution in [-0.2, 0) is 19.1 Å². The quantitative estimate of drug-likeness (QED) is 0.688. The first-order valence-corrected chi connectivity index (χ1v) is 8.55. The van der Waals surface area contributed by atoms with Gasteiger partial charge in [-0.2, -0.15) is 0 Å². The van der Waals surface area contributed by atoms with Crippen molar-refractivity contribution in [2.24, 2.45) is 11.3 Å². The Morgan fingerprint density at radius 1 is 0.955 bits per heavy atom. The van der Waals surface area contributed by atoms with E-state index in [4.69, 9.17) is 9.47 Å². The van der Waals surface area contributed by atoms with Crippen molar-refractivity contribution in [1.82, 2.24) is 0 Å². The van der Waals surface area contributed by atoms with Gasteiger partial charge in [0.1, 0.15) is 11.7 Å². The molecular formula is C18H32O4. The second-order valence-electron chi connectivity index (χ2n) is 7.65. The summed E-state index contributed by atoms with van der Waals surface area (Å²) in [6.07, 6.45) is 4.49. The minimum atomic E-state index is -0.430. The average molecular weight is 312 g/mol. The van der Waals surface area contributed by atoms with Crippen LogP contribution in [0.3, 0.4) is 0 Å². The summed E-state index contributed by atoms with van der Waals surface area (Å²) in [6.45, 7) is 11.7. The topological polar surface area (TPSA) is 52.6 Å². The number of esters is 2. The van der Waals surface area contributed by atoms with Crippen molar-refractivity contribution in [3.8, 4) is 0 Å². The summed E-state index contributed by atoms with van der Waals surface area (Å²) >= 11 is 0. The Morgan fingerprint density at radius 2 is 1.50 bits per heavy atom. The summed E-state index contributed by atoms with van der Waals surface area (Å²) in [4.78, 5) is 24.3. The van der Waals surface area contributed by atoms with E-state index < -0.39 is 11.0 Å². The Kier molecular flexibility index (Phi) is 6.45. The number of hydrogen-bond acceptors (Lipinski definition) is 4. The van der Waals surface area contributed by atoms with Gasteiger partial charge in [-0.1, -0.05) is 13.8 Å². The molecular weight excluding hydrogens is 280 g/mol. The van der Waals surface area contributed by atoms with Gasteiger partial charge in [0, 0.05) is 0 Å². The first kappa shape index (κ1) is 19.0. The van der Waals surface area contributed by atoms with Gasteiger partial charge >= 0.3 is 11.9 Å². The maximum absolute atomic E-state index is 12.2. The highest BCUT2D eigenvalue weighted by Crippen LogP contribution is 2.31. The molecule has 0 atom stereocenters. The highest BCUT2D eigenvalue weighted by Gasteiger charge is 2.34. The number of ether oxygens (including phenoxy) is 2. The molecule has 22 heavy (non-hydrogen) atoms. The highest BCUT2D eigenvalue weighted by molar-refractivity contribution is 5.76. The number of hydrogen-bond donors (Lipinski definition) is 0. The van der Waals surface area contributed by atoms with E-state index in [1.165, 1.54) is 0 Å². The lowest BCUT2D eigenvalue weighted by molar-refractivity contribution is -0.167. The molecule has 0 heterocycles. The van der Waals surface area contributed by atoms with Gasteiger partial charge in [0.25, 0.3) is 0 Å². The highest BCUT2D eigenvalue weighted by atomic mass is 16.6. The third-order valence-electron chi connectivity index (χ3n) is 4.95. The molecule has 0 bridgehead atoms. The molecule has 4 nitrogen and oxygen atoms in total. The maximum atomic E-state index is 12.2. The van der Waals surface area contributed by atoms with Crippen molar-refractivity contribution < 1.29 is 19.1 Å². The molecule has 0 unspecified atom stereocenters. The van der Waals surface area contributed by atoms with Gasteiger partial charge in [-0.05, 0) is 66.2 Å². The van der Waals surface area contributed by atoms with Crippen LogP contribution in [0.5, 0.6) is 0 Å². The molecule has 1 aliphatic rings. The van der Waals surface area contributed by atoms with Gasteiger partial charge < -0.3 is 9.47 Å². The van der Waals surface area contributed by atoms with E-state index in [9.17, 15) is 9.59 Å². The first-order valence-electron chi connectivity index (χ1n) is 8.55. The second-order valence-corrected chi connectivity index (χ2v) is 7.65. The fourth-order valence-corrected chi connectivity index (χ4v) is 2.30. The van der Waals surface area contributed by atoms with Crippen molar-refractivity contribution in [2.45, 2.75) is 91.8 Å². The molecule has 1 fully saturated rings. The van der Waals surface area contributed by atoms with E-state index in [0.29, 0.717) is 0 Å². The molecule has 0 aromatic heterocycles. The fourth-order valence-electron chi connectivity index (χ4n) is 2.30. The molecule has 0 aromatic rings. The van der Waals surface area contributed by atoms with Gasteiger partial charge in [-0.3, -0.25) is 9.59 Å². The van der Waals surface area contributed by atoms with E-state index >= 15 is 0 Å². The van der Waals surface area contributed by atoms with Crippen LogP contribution in [0.4, 0.5) is 0 Å². The Labute approximate surface area is 134 Å².